The number of carbonyl (C=O) groups is 2. The maximum absolute atomic E-state index is 11.4. The zero-order valence-corrected chi connectivity index (χ0v) is 10.3. The molecule has 0 aromatic carbocycles. The molecule has 0 aromatic heterocycles. The van der Waals surface area contributed by atoms with Gasteiger partial charge in [0.25, 0.3) is 0 Å². The van der Waals surface area contributed by atoms with Crippen LogP contribution in [0.5, 0.6) is 0 Å². The molecule has 1 fully saturated rings. The van der Waals surface area contributed by atoms with E-state index >= 15 is 0 Å². The summed E-state index contributed by atoms with van der Waals surface area (Å²) < 4.78 is 4.76. The monoisotopic (exact) mass is 252 g/mol. The van der Waals surface area contributed by atoms with E-state index in [0.717, 1.165) is 0 Å². The molecule has 6 nitrogen and oxygen atoms in total. The van der Waals surface area contributed by atoms with Gasteiger partial charge in [0, 0.05) is 13.1 Å². The zero-order valence-electron chi connectivity index (χ0n) is 10.3. The Kier molecular flexibility index (Phi) is 5.18. The maximum atomic E-state index is 11.4. The van der Waals surface area contributed by atoms with Crippen molar-refractivity contribution in [2.75, 3.05) is 19.7 Å². The van der Waals surface area contributed by atoms with Gasteiger partial charge in [0.2, 0.25) is 0 Å². The van der Waals surface area contributed by atoms with Crippen LogP contribution >= 0.6 is 0 Å². The smallest absolute Gasteiger partial charge is 0.407 e. The second kappa shape index (κ2) is 6.64. The molecule has 0 saturated carbocycles. The molecule has 1 amide bonds. The number of nitrogens with zero attached hydrogens (tertiary/aromatic N) is 2. The molecule has 0 bridgehead atoms. The van der Waals surface area contributed by atoms with Crippen molar-refractivity contribution in [2.45, 2.75) is 19.8 Å². The number of allylic oxidation sites excluding steroid dienone is 1. The van der Waals surface area contributed by atoms with Gasteiger partial charge in [0.1, 0.15) is 11.6 Å². The van der Waals surface area contributed by atoms with Gasteiger partial charge in [-0.25, -0.2) is 9.59 Å². The molecule has 1 heterocycles. The molecule has 6 heteroatoms. The number of rotatable bonds is 3. The van der Waals surface area contributed by atoms with Crippen LogP contribution in [0, 0.1) is 17.2 Å². The number of carbonyl (C=O) groups excluding carboxylic acids is 1. The fourth-order valence-electron chi connectivity index (χ4n) is 1.85. The van der Waals surface area contributed by atoms with Crippen molar-refractivity contribution in [1.82, 2.24) is 4.90 Å². The van der Waals surface area contributed by atoms with Gasteiger partial charge >= 0.3 is 12.1 Å². The minimum absolute atomic E-state index is 0.00521. The average Bonchev–Trinajstić information content (AvgIpc) is 2.36. The van der Waals surface area contributed by atoms with Gasteiger partial charge < -0.3 is 14.7 Å². The lowest BCUT2D eigenvalue weighted by Crippen LogP contribution is -2.37. The molecule has 0 aliphatic carbocycles. The largest absolute Gasteiger partial charge is 0.465 e. The van der Waals surface area contributed by atoms with Crippen LogP contribution in [0.15, 0.2) is 11.6 Å². The molecule has 1 saturated heterocycles. The van der Waals surface area contributed by atoms with Crippen LogP contribution in [-0.4, -0.2) is 41.8 Å². The van der Waals surface area contributed by atoms with Crippen LogP contribution in [-0.2, 0) is 9.53 Å². The summed E-state index contributed by atoms with van der Waals surface area (Å²) in [4.78, 5) is 23.5. The van der Waals surface area contributed by atoms with Crippen molar-refractivity contribution >= 4 is 12.1 Å². The first-order valence-electron chi connectivity index (χ1n) is 5.85. The van der Waals surface area contributed by atoms with E-state index in [1.165, 1.54) is 4.90 Å². The highest BCUT2D eigenvalue weighted by molar-refractivity contribution is 5.92. The second-order valence-corrected chi connectivity index (χ2v) is 4.02. The van der Waals surface area contributed by atoms with Gasteiger partial charge in [-0.1, -0.05) is 6.08 Å². The summed E-state index contributed by atoms with van der Waals surface area (Å²) in [6.07, 6.45) is 1.91. The van der Waals surface area contributed by atoms with Crippen molar-refractivity contribution in [3.8, 4) is 6.07 Å². The summed E-state index contributed by atoms with van der Waals surface area (Å²) in [6.45, 7) is 2.77. The Balaban J connectivity index is 2.59. The third-order valence-corrected chi connectivity index (χ3v) is 2.83. The molecule has 0 radical (unpaired) electrons. The lowest BCUT2D eigenvalue weighted by molar-refractivity contribution is -0.138. The Labute approximate surface area is 105 Å². The highest BCUT2D eigenvalue weighted by Gasteiger charge is 2.22. The third-order valence-electron chi connectivity index (χ3n) is 2.83. The van der Waals surface area contributed by atoms with E-state index in [1.54, 1.807) is 13.0 Å². The number of nitriles is 1. The first kappa shape index (κ1) is 14.0. The number of esters is 1. The van der Waals surface area contributed by atoms with E-state index in [1.807, 2.05) is 6.07 Å². The van der Waals surface area contributed by atoms with E-state index in [0.29, 0.717) is 25.9 Å². The number of piperidine rings is 1. The predicted octanol–water partition coefficient (Wildman–Crippen LogP) is 1.39. The Morgan fingerprint density at radius 3 is 2.56 bits per heavy atom. The number of hydrogen-bond donors (Lipinski definition) is 1. The summed E-state index contributed by atoms with van der Waals surface area (Å²) in [5.41, 5.74) is 0.00521. The van der Waals surface area contributed by atoms with E-state index in [9.17, 15) is 9.59 Å². The van der Waals surface area contributed by atoms with Crippen LogP contribution in [0.3, 0.4) is 0 Å². The molecule has 98 valence electrons. The van der Waals surface area contributed by atoms with Gasteiger partial charge in [0.05, 0.1) is 6.61 Å². The fourth-order valence-corrected chi connectivity index (χ4v) is 1.85. The second-order valence-electron chi connectivity index (χ2n) is 4.02. The average molecular weight is 252 g/mol. The van der Waals surface area contributed by atoms with Gasteiger partial charge in [-0.15, -0.1) is 0 Å². The van der Waals surface area contributed by atoms with E-state index in [2.05, 4.69) is 0 Å². The van der Waals surface area contributed by atoms with Crippen molar-refractivity contribution in [1.29, 1.82) is 5.26 Å². The van der Waals surface area contributed by atoms with Gasteiger partial charge in [-0.2, -0.15) is 5.26 Å². The van der Waals surface area contributed by atoms with E-state index < -0.39 is 12.1 Å². The van der Waals surface area contributed by atoms with Crippen molar-refractivity contribution in [3.63, 3.8) is 0 Å². The number of amides is 1. The highest BCUT2D eigenvalue weighted by Crippen LogP contribution is 2.20. The van der Waals surface area contributed by atoms with Crippen LogP contribution in [0.2, 0.25) is 0 Å². The minimum Gasteiger partial charge on any atom is -0.465 e. The summed E-state index contributed by atoms with van der Waals surface area (Å²) in [5, 5.41) is 17.7. The normalized spacial score (nSPS) is 17.1. The minimum atomic E-state index is -0.927. The van der Waals surface area contributed by atoms with Crippen LogP contribution < -0.4 is 0 Å². The lowest BCUT2D eigenvalue weighted by Gasteiger charge is -2.28. The quantitative estimate of drug-likeness (QED) is 0.465. The van der Waals surface area contributed by atoms with E-state index in [4.69, 9.17) is 15.1 Å². The first-order chi connectivity index (χ1) is 8.58. The number of likely N-dealkylation sites (tertiary alicyclic amines) is 1. The standard InChI is InChI=1S/C12H16N2O4/c1-2-18-11(15)10(8-13)7-9-3-5-14(6-4-9)12(16)17/h7,9H,2-6H2,1H3,(H,16,17)/b10-7+. The lowest BCUT2D eigenvalue weighted by atomic mass is 9.95. The van der Waals surface area contributed by atoms with Crippen LogP contribution in [0.25, 0.3) is 0 Å². The number of carboxylic acid groups (broad SMARTS) is 1. The van der Waals surface area contributed by atoms with Crippen LogP contribution in [0.1, 0.15) is 19.8 Å². The van der Waals surface area contributed by atoms with Crippen molar-refractivity contribution < 1.29 is 19.4 Å². The zero-order chi connectivity index (χ0) is 13.5. The summed E-state index contributed by atoms with van der Waals surface area (Å²) >= 11 is 0. The van der Waals surface area contributed by atoms with E-state index in [-0.39, 0.29) is 18.1 Å². The third kappa shape index (κ3) is 3.77. The number of hydrogen-bond acceptors (Lipinski definition) is 4. The molecule has 0 unspecified atom stereocenters. The van der Waals surface area contributed by atoms with Crippen LogP contribution in [0.4, 0.5) is 4.79 Å². The Hall–Kier alpha value is -2.03. The molecule has 0 spiro atoms. The fraction of sp³-hybridized carbons (Fsp3) is 0.583. The highest BCUT2D eigenvalue weighted by atomic mass is 16.5. The predicted molar refractivity (Wildman–Crippen MR) is 62.7 cm³/mol. The molecule has 0 aromatic rings. The molecule has 1 aliphatic heterocycles. The first-order valence-corrected chi connectivity index (χ1v) is 5.85. The number of ether oxygens (including phenoxy) is 1. The molecule has 18 heavy (non-hydrogen) atoms. The van der Waals surface area contributed by atoms with Gasteiger partial charge in [0.15, 0.2) is 0 Å². The van der Waals surface area contributed by atoms with Gasteiger partial charge in [-0.3, -0.25) is 0 Å². The summed E-state index contributed by atoms with van der Waals surface area (Å²) in [6, 6.07) is 1.82. The van der Waals surface area contributed by atoms with Gasteiger partial charge in [-0.05, 0) is 25.7 Å². The summed E-state index contributed by atoms with van der Waals surface area (Å²) in [7, 11) is 0. The topological polar surface area (TPSA) is 90.6 Å². The van der Waals surface area contributed by atoms with Crippen molar-refractivity contribution in [3.05, 3.63) is 11.6 Å². The summed E-state index contributed by atoms with van der Waals surface area (Å²) in [5.74, 6) is -0.555. The molecule has 0 atom stereocenters. The molecular formula is C12H16N2O4. The Morgan fingerprint density at radius 2 is 2.11 bits per heavy atom. The molecule has 1 rings (SSSR count). The molecular weight excluding hydrogens is 236 g/mol. The Morgan fingerprint density at radius 1 is 1.50 bits per heavy atom. The Bertz CT molecular complexity index is 389. The SMILES string of the molecule is CCOC(=O)/C(C#N)=C/C1CCN(C(=O)O)CC1. The molecule has 1 aliphatic rings. The molecule has 1 N–H and O–H groups in total. The van der Waals surface area contributed by atoms with Crippen molar-refractivity contribution in [2.24, 2.45) is 5.92 Å². The maximum Gasteiger partial charge on any atom is 0.407 e.